The third-order valence-electron chi connectivity index (χ3n) is 3.11. The number of aliphatic hydroxyl groups excluding tert-OH is 1. The van der Waals surface area contributed by atoms with Crippen LogP contribution in [-0.4, -0.2) is 11.7 Å². The van der Waals surface area contributed by atoms with Crippen LogP contribution in [0.2, 0.25) is 0 Å². The molecule has 0 fully saturated rings. The van der Waals surface area contributed by atoms with Gasteiger partial charge in [0.2, 0.25) is 0 Å². The van der Waals surface area contributed by atoms with Crippen molar-refractivity contribution in [3.05, 3.63) is 0 Å². The van der Waals surface area contributed by atoms with Gasteiger partial charge in [-0.05, 0) is 24.7 Å². The molecule has 0 amide bonds. The summed E-state index contributed by atoms with van der Waals surface area (Å²) in [7, 11) is 0. The maximum Gasteiger partial charge on any atom is 0.0431 e. The van der Waals surface area contributed by atoms with E-state index in [1.807, 2.05) is 0 Å². The highest BCUT2D eigenvalue weighted by Crippen LogP contribution is 2.20. The minimum atomic E-state index is 0.364. The molecule has 14 heavy (non-hydrogen) atoms. The van der Waals surface area contributed by atoms with Crippen molar-refractivity contribution in [1.82, 2.24) is 0 Å². The fourth-order valence-corrected chi connectivity index (χ4v) is 1.93. The minimum Gasteiger partial charge on any atom is -0.396 e. The lowest BCUT2D eigenvalue weighted by atomic mass is 9.91. The quantitative estimate of drug-likeness (QED) is 0.558. The SMILES string of the molecule is CCC(C)CC(C)CCCCCCO. The molecule has 0 aromatic rings. The second kappa shape index (κ2) is 9.51. The van der Waals surface area contributed by atoms with Gasteiger partial charge in [0.1, 0.15) is 0 Å². The van der Waals surface area contributed by atoms with E-state index in [0.29, 0.717) is 6.61 Å². The Hall–Kier alpha value is -0.0400. The number of aliphatic hydroxyl groups is 1. The summed E-state index contributed by atoms with van der Waals surface area (Å²) in [4.78, 5) is 0. The maximum atomic E-state index is 8.63. The Balaban J connectivity index is 3.22. The Morgan fingerprint density at radius 2 is 1.57 bits per heavy atom. The van der Waals surface area contributed by atoms with E-state index in [2.05, 4.69) is 20.8 Å². The highest BCUT2D eigenvalue weighted by Gasteiger charge is 2.06. The molecule has 0 saturated heterocycles. The van der Waals surface area contributed by atoms with E-state index in [9.17, 15) is 0 Å². The van der Waals surface area contributed by atoms with Gasteiger partial charge >= 0.3 is 0 Å². The van der Waals surface area contributed by atoms with Crippen molar-refractivity contribution in [2.24, 2.45) is 11.8 Å². The van der Waals surface area contributed by atoms with Crippen LogP contribution in [0.4, 0.5) is 0 Å². The first-order valence-electron chi connectivity index (χ1n) is 6.31. The lowest BCUT2D eigenvalue weighted by Crippen LogP contribution is -2.02. The lowest BCUT2D eigenvalue weighted by Gasteiger charge is -2.15. The van der Waals surface area contributed by atoms with E-state index < -0.39 is 0 Å². The molecule has 0 aromatic carbocycles. The van der Waals surface area contributed by atoms with E-state index >= 15 is 0 Å². The number of rotatable bonds is 9. The van der Waals surface area contributed by atoms with Gasteiger partial charge in [0.25, 0.3) is 0 Å². The molecule has 2 atom stereocenters. The molecule has 0 saturated carbocycles. The zero-order chi connectivity index (χ0) is 10.8. The lowest BCUT2D eigenvalue weighted by molar-refractivity contribution is 0.281. The van der Waals surface area contributed by atoms with Gasteiger partial charge in [0.15, 0.2) is 0 Å². The molecule has 0 heterocycles. The predicted molar refractivity (Wildman–Crippen MR) is 63.4 cm³/mol. The van der Waals surface area contributed by atoms with Crippen LogP contribution in [0, 0.1) is 11.8 Å². The second-order valence-electron chi connectivity index (χ2n) is 4.78. The Morgan fingerprint density at radius 1 is 0.929 bits per heavy atom. The molecule has 0 aromatic heterocycles. The first-order valence-corrected chi connectivity index (χ1v) is 6.31. The predicted octanol–water partition coefficient (Wildman–Crippen LogP) is 4.00. The molecule has 0 aliphatic rings. The van der Waals surface area contributed by atoms with E-state index in [4.69, 9.17) is 5.11 Å². The number of hydrogen-bond acceptors (Lipinski definition) is 1. The standard InChI is InChI=1S/C13H28O/c1-4-12(2)11-13(3)9-7-5-6-8-10-14/h12-14H,4-11H2,1-3H3. The van der Waals surface area contributed by atoms with E-state index in [1.54, 1.807) is 0 Å². The second-order valence-corrected chi connectivity index (χ2v) is 4.78. The molecule has 0 rings (SSSR count). The highest BCUT2D eigenvalue weighted by atomic mass is 16.2. The molecule has 0 radical (unpaired) electrons. The monoisotopic (exact) mass is 200 g/mol. The van der Waals surface area contributed by atoms with Gasteiger partial charge in [-0.25, -0.2) is 0 Å². The minimum absolute atomic E-state index is 0.364. The van der Waals surface area contributed by atoms with Crippen LogP contribution >= 0.6 is 0 Å². The van der Waals surface area contributed by atoms with E-state index in [1.165, 1.54) is 38.5 Å². The molecule has 2 unspecified atom stereocenters. The average molecular weight is 200 g/mol. The molecule has 0 bridgehead atoms. The molecule has 0 aliphatic heterocycles. The van der Waals surface area contributed by atoms with Crippen molar-refractivity contribution in [3.63, 3.8) is 0 Å². The Bertz CT molecular complexity index is 112. The smallest absolute Gasteiger partial charge is 0.0431 e. The van der Waals surface area contributed by atoms with Crippen molar-refractivity contribution in [2.45, 2.75) is 65.7 Å². The normalized spacial score (nSPS) is 15.4. The fourth-order valence-electron chi connectivity index (χ4n) is 1.93. The van der Waals surface area contributed by atoms with Gasteiger partial charge in [0, 0.05) is 6.61 Å². The third-order valence-corrected chi connectivity index (χ3v) is 3.11. The van der Waals surface area contributed by atoms with Gasteiger partial charge in [-0.15, -0.1) is 0 Å². The summed E-state index contributed by atoms with van der Waals surface area (Å²) >= 11 is 0. The Labute approximate surface area is 89.9 Å². The van der Waals surface area contributed by atoms with Crippen LogP contribution in [-0.2, 0) is 0 Å². The zero-order valence-electron chi connectivity index (χ0n) is 10.3. The third kappa shape index (κ3) is 8.55. The van der Waals surface area contributed by atoms with E-state index in [0.717, 1.165) is 18.3 Å². The fraction of sp³-hybridized carbons (Fsp3) is 1.00. The average Bonchev–Trinajstić information content (AvgIpc) is 2.17. The largest absolute Gasteiger partial charge is 0.396 e. The summed E-state index contributed by atoms with van der Waals surface area (Å²) in [6.07, 6.45) is 8.90. The van der Waals surface area contributed by atoms with Crippen molar-refractivity contribution in [2.75, 3.05) is 6.61 Å². The van der Waals surface area contributed by atoms with Crippen LogP contribution in [0.1, 0.15) is 65.7 Å². The topological polar surface area (TPSA) is 20.2 Å². The van der Waals surface area contributed by atoms with Crippen molar-refractivity contribution < 1.29 is 5.11 Å². The summed E-state index contributed by atoms with van der Waals surface area (Å²) in [5.41, 5.74) is 0. The first kappa shape index (κ1) is 14.0. The highest BCUT2D eigenvalue weighted by molar-refractivity contribution is 4.58. The summed E-state index contributed by atoms with van der Waals surface area (Å²) < 4.78 is 0. The summed E-state index contributed by atoms with van der Waals surface area (Å²) in [6, 6.07) is 0. The molecule has 1 nitrogen and oxygen atoms in total. The van der Waals surface area contributed by atoms with Crippen molar-refractivity contribution >= 4 is 0 Å². The van der Waals surface area contributed by atoms with Crippen LogP contribution in [0.25, 0.3) is 0 Å². The summed E-state index contributed by atoms with van der Waals surface area (Å²) in [5.74, 6) is 1.78. The molecule has 1 N–H and O–H groups in total. The zero-order valence-corrected chi connectivity index (χ0v) is 10.3. The number of hydrogen-bond donors (Lipinski definition) is 1. The Morgan fingerprint density at radius 3 is 2.14 bits per heavy atom. The Kier molecular flexibility index (Phi) is 9.49. The molecule has 0 spiro atoms. The van der Waals surface area contributed by atoms with Gasteiger partial charge in [-0.3, -0.25) is 0 Å². The van der Waals surface area contributed by atoms with Crippen molar-refractivity contribution in [3.8, 4) is 0 Å². The summed E-state index contributed by atoms with van der Waals surface area (Å²) in [6.45, 7) is 7.36. The van der Waals surface area contributed by atoms with Gasteiger partial charge < -0.3 is 5.11 Å². The molecule has 86 valence electrons. The van der Waals surface area contributed by atoms with Crippen molar-refractivity contribution in [1.29, 1.82) is 0 Å². The van der Waals surface area contributed by atoms with Crippen LogP contribution in [0.15, 0.2) is 0 Å². The maximum absolute atomic E-state index is 8.63. The molecule has 0 aliphatic carbocycles. The van der Waals surface area contributed by atoms with Gasteiger partial charge in [-0.1, -0.05) is 52.9 Å². The van der Waals surface area contributed by atoms with E-state index in [-0.39, 0.29) is 0 Å². The summed E-state index contributed by atoms with van der Waals surface area (Å²) in [5, 5.41) is 8.63. The van der Waals surface area contributed by atoms with Gasteiger partial charge in [0.05, 0.1) is 0 Å². The number of unbranched alkanes of at least 4 members (excludes halogenated alkanes) is 3. The molecular formula is C13H28O. The van der Waals surface area contributed by atoms with Crippen LogP contribution in [0.3, 0.4) is 0 Å². The van der Waals surface area contributed by atoms with Crippen LogP contribution in [0.5, 0.6) is 0 Å². The van der Waals surface area contributed by atoms with Crippen LogP contribution < -0.4 is 0 Å². The molecule has 1 heteroatoms. The molecular weight excluding hydrogens is 172 g/mol. The van der Waals surface area contributed by atoms with Gasteiger partial charge in [-0.2, -0.15) is 0 Å². The first-order chi connectivity index (χ1) is 6.70.